The molecular weight excluding hydrogens is 289 g/mol. The van der Waals surface area contributed by atoms with Crippen LogP contribution >= 0.6 is 23.2 Å². The van der Waals surface area contributed by atoms with Gasteiger partial charge in [0, 0.05) is 15.6 Å². The van der Waals surface area contributed by atoms with Crippen LogP contribution in [0.4, 0.5) is 0 Å². The van der Waals surface area contributed by atoms with Crippen LogP contribution in [0.25, 0.3) is 0 Å². The molecule has 3 rings (SSSR count). The molecule has 1 unspecified atom stereocenters. The van der Waals surface area contributed by atoms with Gasteiger partial charge in [0.25, 0.3) is 0 Å². The quantitative estimate of drug-likeness (QED) is 0.853. The van der Waals surface area contributed by atoms with E-state index in [0.717, 1.165) is 24.8 Å². The van der Waals surface area contributed by atoms with Crippen molar-refractivity contribution in [3.63, 3.8) is 0 Å². The molecule has 0 aliphatic heterocycles. The second-order valence-corrected chi connectivity index (χ2v) is 6.36. The third kappa shape index (κ3) is 2.46. The molecule has 104 valence electrons. The van der Waals surface area contributed by atoms with Gasteiger partial charge in [0.05, 0.1) is 0 Å². The standard InChI is InChI=1S/C17H17Cl2N/c18-15-8-3-9-16(19)13(15)11-17(20)10-4-6-12-5-1-2-7-14(12)17/h1-3,5,7-9H,4,6,10-11,20H2. The van der Waals surface area contributed by atoms with Crippen LogP contribution in [0.5, 0.6) is 0 Å². The Bertz CT molecular complexity index is 618. The zero-order chi connectivity index (χ0) is 14.2. The summed E-state index contributed by atoms with van der Waals surface area (Å²) in [6.45, 7) is 0. The van der Waals surface area contributed by atoms with E-state index in [0.29, 0.717) is 16.5 Å². The van der Waals surface area contributed by atoms with Crippen molar-refractivity contribution in [1.82, 2.24) is 0 Å². The lowest BCUT2D eigenvalue weighted by atomic mass is 9.74. The average Bonchev–Trinajstić information content (AvgIpc) is 2.44. The van der Waals surface area contributed by atoms with E-state index in [2.05, 4.69) is 24.3 Å². The van der Waals surface area contributed by atoms with Gasteiger partial charge in [-0.1, -0.05) is 53.5 Å². The molecule has 1 aliphatic carbocycles. The Balaban J connectivity index is 2.02. The van der Waals surface area contributed by atoms with Crippen LogP contribution in [0.2, 0.25) is 10.0 Å². The Labute approximate surface area is 129 Å². The van der Waals surface area contributed by atoms with Gasteiger partial charge in [-0.2, -0.15) is 0 Å². The lowest BCUT2D eigenvalue weighted by Crippen LogP contribution is -2.42. The summed E-state index contributed by atoms with van der Waals surface area (Å²) in [5.41, 5.74) is 9.89. The van der Waals surface area contributed by atoms with Crippen LogP contribution < -0.4 is 5.73 Å². The van der Waals surface area contributed by atoms with Gasteiger partial charge in [0.2, 0.25) is 0 Å². The van der Waals surface area contributed by atoms with Crippen LogP contribution in [-0.4, -0.2) is 0 Å². The highest BCUT2D eigenvalue weighted by Gasteiger charge is 2.33. The lowest BCUT2D eigenvalue weighted by Gasteiger charge is -2.36. The summed E-state index contributed by atoms with van der Waals surface area (Å²) in [5, 5.41) is 1.40. The molecule has 1 nitrogen and oxygen atoms in total. The highest BCUT2D eigenvalue weighted by Crippen LogP contribution is 2.38. The fourth-order valence-electron chi connectivity index (χ4n) is 3.15. The zero-order valence-electron chi connectivity index (χ0n) is 11.2. The Morgan fingerprint density at radius 2 is 1.70 bits per heavy atom. The number of benzene rings is 2. The first kappa shape index (κ1) is 13.9. The Morgan fingerprint density at radius 3 is 2.45 bits per heavy atom. The summed E-state index contributed by atoms with van der Waals surface area (Å²) in [6.07, 6.45) is 3.86. The van der Waals surface area contributed by atoms with Crippen LogP contribution in [0.1, 0.15) is 29.5 Å². The molecule has 0 aromatic heterocycles. The zero-order valence-corrected chi connectivity index (χ0v) is 12.7. The second-order valence-electron chi connectivity index (χ2n) is 5.54. The molecule has 2 aromatic carbocycles. The van der Waals surface area contributed by atoms with Crippen molar-refractivity contribution in [2.45, 2.75) is 31.2 Å². The molecule has 0 heterocycles. The predicted molar refractivity (Wildman–Crippen MR) is 85.4 cm³/mol. The van der Waals surface area contributed by atoms with Crippen LogP contribution in [0.3, 0.4) is 0 Å². The Morgan fingerprint density at radius 1 is 1.00 bits per heavy atom. The first-order valence-corrected chi connectivity index (χ1v) is 7.66. The van der Waals surface area contributed by atoms with Gasteiger partial charge in [-0.15, -0.1) is 0 Å². The number of aryl methyl sites for hydroxylation is 1. The fraction of sp³-hybridized carbons (Fsp3) is 0.294. The summed E-state index contributed by atoms with van der Waals surface area (Å²) in [4.78, 5) is 0. The molecule has 3 heteroatoms. The van der Waals surface area contributed by atoms with Crippen LogP contribution in [-0.2, 0) is 18.4 Å². The van der Waals surface area contributed by atoms with Gasteiger partial charge in [0.1, 0.15) is 0 Å². The van der Waals surface area contributed by atoms with Crippen molar-refractivity contribution in [3.8, 4) is 0 Å². The molecular formula is C17H17Cl2N. The highest BCUT2D eigenvalue weighted by atomic mass is 35.5. The maximum atomic E-state index is 6.72. The van der Waals surface area contributed by atoms with Gasteiger partial charge in [-0.3, -0.25) is 0 Å². The summed E-state index contributed by atoms with van der Waals surface area (Å²) >= 11 is 12.6. The number of rotatable bonds is 2. The van der Waals surface area contributed by atoms with Crippen molar-refractivity contribution in [2.24, 2.45) is 5.73 Å². The average molecular weight is 306 g/mol. The third-order valence-corrected chi connectivity index (χ3v) is 4.88. The molecule has 0 saturated heterocycles. The number of halogens is 2. The molecule has 1 atom stereocenters. The molecule has 0 amide bonds. The van der Waals surface area contributed by atoms with Gasteiger partial charge in [-0.05, 0) is 54.5 Å². The van der Waals surface area contributed by atoms with E-state index < -0.39 is 0 Å². The van der Waals surface area contributed by atoms with Crippen molar-refractivity contribution < 1.29 is 0 Å². The molecule has 0 fully saturated rings. The van der Waals surface area contributed by atoms with E-state index in [-0.39, 0.29) is 5.54 Å². The summed E-state index contributed by atoms with van der Waals surface area (Å²) in [5.74, 6) is 0. The summed E-state index contributed by atoms with van der Waals surface area (Å²) in [6, 6.07) is 14.1. The number of nitrogens with two attached hydrogens (primary N) is 1. The summed E-state index contributed by atoms with van der Waals surface area (Å²) in [7, 11) is 0. The highest BCUT2D eigenvalue weighted by molar-refractivity contribution is 6.36. The van der Waals surface area contributed by atoms with Gasteiger partial charge >= 0.3 is 0 Å². The lowest BCUT2D eigenvalue weighted by molar-refractivity contribution is 0.369. The fourth-order valence-corrected chi connectivity index (χ4v) is 3.68. The first-order chi connectivity index (χ1) is 9.60. The van der Waals surface area contributed by atoms with E-state index in [1.54, 1.807) is 0 Å². The van der Waals surface area contributed by atoms with E-state index >= 15 is 0 Å². The number of hydrogen-bond donors (Lipinski definition) is 1. The van der Waals surface area contributed by atoms with Crippen LogP contribution in [0, 0.1) is 0 Å². The van der Waals surface area contributed by atoms with E-state index in [4.69, 9.17) is 28.9 Å². The Kier molecular flexibility index (Phi) is 3.76. The minimum Gasteiger partial charge on any atom is -0.321 e. The molecule has 0 radical (unpaired) electrons. The SMILES string of the molecule is NC1(Cc2c(Cl)cccc2Cl)CCCc2ccccc21. The second kappa shape index (κ2) is 5.40. The van der Waals surface area contributed by atoms with Crippen molar-refractivity contribution in [2.75, 3.05) is 0 Å². The monoisotopic (exact) mass is 305 g/mol. The minimum absolute atomic E-state index is 0.372. The molecule has 20 heavy (non-hydrogen) atoms. The molecule has 2 N–H and O–H groups in total. The third-order valence-electron chi connectivity index (χ3n) is 4.18. The molecule has 0 spiro atoms. The van der Waals surface area contributed by atoms with Crippen molar-refractivity contribution in [3.05, 3.63) is 69.2 Å². The maximum Gasteiger partial charge on any atom is 0.0454 e. The van der Waals surface area contributed by atoms with Crippen molar-refractivity contribution in [1.29, 1.82) is 0 Å². The van der Waals surface area contributed by atoms with E-state index in [1.807, 2.05) is 18.2 Å². The molecule has 0 saturated carbocycles. The van der Waals surface area contributed by atoms with E-state index in [9.17, 15) is 0 Å². The number of hydrogen-bond acceptors (Lipinski definition) is 1. The Hall–Kier alpha value is -1.02. The molecule has 0 bridgehead atoms. The molecule has 2 aromatic rings. The van der Waals surface area contributed by atoms with Crippen LogP contribution in [0.15, 0.2) is 42.5 Å². The molecule has 1 aliphatic rings. The first-order valence-electron chi connectivity index (χ1n) is 6.90. The van der Waals surface area contributed by atoms with Crippen molar-refractivity contribution >= 4 is 23.2 Å². The van der Waals surface area contributed by atoms with Gasteiger partial charge < -0.3 is 5.73 Å². The largest absolute Gasteiger partial charge is 0.321 e. The van der Waals surface area contributed by atoms with Gasteiger partial charge in [0.15, 0.2) is 0 Å². The number of fused-ring (bicyclic) bond motifs is 1. The predicted octanol–water partition coefficient (Wildman–Crippen LogP) is 4.73. The normalized spacial score (nSPS) is 21.6. The van der Waals surface area contributed by atoms with E-state index in [1.165, 1.54) is 11.1 Å². The van der Waals surface area contributed by atoms with Gasteiger partial charge in [-0.25, -0.2) is 0 Å². The maximum absolute atomic E-state index is 6.72. The smallest absolute Gasteiger partial charge is 0.0454 e. The minimum atomic E-state index is -0.372. The summed E-state index contributed by atoms with van der Waals surface area (Å²) < 4.78 is 0. The topological polar surface area (TPSA) is 26.0 Å².